The van der Waals surface area contributed by atoms with Crippen molar-refractivity contribution < 1.29 is 9.18 Å². The Morgan fingerprint density at radius 1 is 1.39 bits per heavy atom. The van der Waals surface area contributed by atoms with Gasteiger partial charge in [-0.25, -0.2) is 4.39 Å². The summed E-state index contributed by atoms with van der Waals surface area (Å²) < 4.78 is 14.9. The average Bonchev–Trinajstić information content (AvgIpc) is 2.89. The Bertz CT molecular complexity index is 682. The summed E-state index contributed by atoms with van der Waals surface area (Å²) in [5, 5.41) is 11.8. The Hall–Kier alpha value is -2.15. The Morgan fingerprint density at radius 2 is 2.09 bits per heavy atom. The van der Waals surface area contributed by atoms with Gasteiger partial charge >= 0.3 is 0 Å². The van der Waals surface area contributed by atoms with E-state index in [1.54, 1.807) is 18.2 Å². The first kappa shape index (κ1) is 17.2. The fourth-order valence-electron chi connectivity index (χ4n) is 2.00. The summed E-state index contributed by atoms with van der Waals surface area (Å²) >= 11 is 1.31. The van der Waals surface area contributed by atoms with Crippen molar-refractivity contribution in [3.8, 4) is 11.4 Å². The van der Waals surface area contributed by atoms with Crippen molar-refractivity contribution in [2.45, 2.75) is 31.6 Å². The molecule has 0 aliphatic rings. The summed E-state index contributed by atoms with van der Waals surface area (Å²) in [6, 6.07) is 6.16. The smallest absolute Gasteiger partial charge is 0.230 e. The van der Waals surface area contributed by atoms with Crippen LogP contribution in [0.3, 0.4) is 0 Å². The minimum Gasteiger partial charge on any atom is -0.353 e. The molecule has 0 fully saturated rings. The zero-order valence-corrected chi connectivity index (χ0v) is 13.9. The summed E-state index contributed by atoms with van der Waals surface area (Å²) in [6.45, 7) is 8.07. The lowest BCUT2D eigenvalue weighted by Crippen LogP contribution is -2.31. The van der Waals surface area contributed by atoms with Gasteiger partial charge in [0, 0.05) is 18.2 Å². The zero-order chi connectivity index (χ0) is 16.8. The van der Waals surface area contributed by atoms with Gasteiger partial charge in [-0.2, -0.15) is 0 Å². The second-order valence-corrected chi connectivity index (χ2v) is 6.17. The van der Waals surface area contributed by atoms with Gasteiger partial charge in [0.25, 0.3) is 0 Å². The van der Waals surface area contributed by atoms with Crippen molar-refractivity contribution in [3.63, 3.8) is 0 Å². The second-order valence-electron chi connectivity index (χ2n) is 5.22. The Kier molecular flexibility index (Phi) is 5.92. The van der Waals surface area contributed by atoms with Crippen molar-refractivity contribution in [2.24, 2.45) is 0 Å². The van der Waals surface area contributed by atoms with Gasteiger partial charge in [0.2, 0.25) is 5.91 Å². The van der Waals surface area contributed by atoms with Crippen molar-refractivity contribution >= 4 is 17.7 Å². The number of rotatable bonds is 7. The van der Waals surface area contributed by atoms with E-state index < -0.39 is 0 Å². The van der Waals surface area contributed by atoms with Gasteiger partial charge in [0.1, 0.15) is 5.82 Å². The molecule has 0 aliphatic carbocycles. The van der Waals surface area contributed by atoms with Crippen LogP contribution in [-0.4, -0.2) is 32.5 Å². The van der Waals surface area contributed by atoms with Crippen LogP contribution in [0.2, 0.25) is 0 Å². The highest BCUT2D eigenvalue weighted by Crippen LogP contribution is 2.24. The number of carbonyl (C=O) groups is 1. The van der Waals surface area contributed by atoms with Crippen molar-refractivity contribution in [1.29, 1.82) is 0 Å². The van der Waals surface area contributed by atoms with Gasteiger partial charge in [-0.15, -0.1) is 16.8 Å². The molecule has 7 heteroatoms. The summed E-state index contributed by atoms with van der Waals surface area (Å²) in [6.07, 6.45) is 1.73. The molecule has 0 atom stereocenters. The quantitative estimate of drug-likeness (QED) is 0.625. The van der Waals surface area contributed by atoms with Gasteiger partial charge in [-0.1, -0.05) is 17.8 Å². The Morgan fingerprint density at radius 3 is 2.70 bits per heavy atom. The van der Waals surface area contributed by atoms with Crippen LogP contribution in [0.1, 0.15) is 13.8 Å². The molecule has 1 heterocycles. The highest BCUT2D eigenvalue weighted by Gasteiger charge is 2.15. The minimum atomic E-state index is -0.302. The van der Waals surface area contributed by atoms with Crippen LogP contribution >= 0.6 is 11.8 Å². The fourth-order valence-corrected chi connectivity index (χ4v) is 2.75. The van der Waals surface area contributed by atoms with Crippen LogP contribution in [0.25, 0.3) is 11.4 Å². The molecule has 122 valence electrons. The van der Waals surface area contributed by atoms with E-state index in [1.807, 2.05) is 18.4 Å². The van der Waals surface area contributed by atoms with E-state index in [4.69, 9.17) is 0 Å². The van der Waals surface area contributed by atoms with E-state index in [2.05, 4.69) is 22.1 Å². The van der Waals surface area contributed by atoms with Crippen LogP contribution < -0.4 is 5.32 Å². The number of aromatic nitrogens is 3. The minimum absolute atomic E-state index is 0.0542. The highest BCUT2D eigenvalue weighted by atomic mass is 32.2. The summed E-state index contributed by atoms with van der Waals surface area (Å²) in [5.74, 6) is 0.526. The zero-order valence-electron chi connectivity index (χ0n) is 13.1. The van der Waals surface area contributed by atoms with Crippen molar-refractivity contribution in [1.82, 2.24) is 20.1 Å². The highest BCUT2D eigenvalue weighted by molar-refractivity contribution is 7.99. The molecule has 1 N–H and O–H groups in total. The topological polar surface area (TPSA) is 59.8 Å². The molecule has 0 saturated carbocycles. The normalized spacial score (nSPS) is 10.8. The van der Waals surface area contributed by atoms with E-state index in [0.717, 1.165) is 5.56 Å². The standard InChI is InChI=1S/C16H19FN4OS/c1-4-9-21-15(12-5-7-13(17)8-6-12)19-20-16(21)23-10-14(22)18-11(2)3/h4-8,11H,1,9-10H2,2-3H3,(H,18,22). The summed E-state index contributed by atoms with van der Waals surface area (Å²) in [4.78, 5) is 11.8. The van der Waals surface area contributed by atoms with Crippen molar-refractivity contribution in [3.05, 3.63) is 42.7 Å². The number of amides is 1. The van der Waals surface area contributed by atoms with Gasteiger partial charge in [-0.05, 0) is 38.1 Å². The SMILES string of the molecule is C=CCn1c(SCC(=O)NC(C)C)nnc1-c1ccc(F)cc1. The first-order valence-corrected chi connectivity index (χ1v) is 8.22. The molecule has 5 nitrogen and oxygen atoms in total. The predicted molar refractivity (Wildman–Crippen MR) is 89.6 cm³/mol. The molecule has 1 aromatic heterocycles. The molecule has 23 heavy (non-hydrogen) atoms. The third-order valence-corrected chi connectivity index (χ3v) is 3.88. The number of thioether (sulfide) groups is 1. The number of nitrogens with one attached hydrogen (secondary N) is 1. The Balaban J connectivity index is 2.19. The lowest BCUT2D eigenvalue weighted by molar-refractivity contribution is -0.119. The molecule has 0 radical (unpaired) electrons. The molecule has 1 amide bonds. The largest absolute Gasteiger partial charge is 0.353 e. The lowest BCUT2D eigenvalue weighted by Gasteiger charge is -2.09. The number of nitrogens with zero attached hydrogens (tertiary/aromatic N) is 3. The first-order valence-electron chi connectivity index (χ1n) is 7.23. The average molecular weight is 334 g/mol. The van der Waals surface area contributed by atoms with E-state index in [1.165, 1.54) is 23.9 Å². The van der Waals surface area contributed by atoms with Gasteiger partial charge in [-0.3, -0.25) is 9.36 Å². The summed E-state index contributed by atoms with van der Waals surface area (Å²) in [5.41, 5.74) is 0.763. The van der Waals surface area contributed by atoms with Crippen LogP contribution in [-0.2, 0) is 11.3 Å². The molecule has 2 rings (SSSR count). The number of hydrogen-bond acceptors (Lipinski definition) is 4. The lowest BCUT2D eigenvalue weighted by atomic mass is 10.2. The Labute approximate surface area is 139 Å². The van der Waals surface area contributed by atoms with E-state index in [-0.39, 0.29) is 23.5 Å². The number of allylic oxidation sites excluding steroid dienone is 1. The van der Waals surface area contributed by atoms with E-state index in [0.29, 0.717) is 17.5 Å². The maximum absolute atomic E-state index is 13.1. The molecule has 0 bridgehead atoms. The fraction of sp³-hybridized carbons (Fsp3) is 0.312. The maximum atomic E-state index is 13.1. The number of benzene rings is 1. The number of carbonyl (C=O) groups excluding carboxylic acids is 1. The van der Waals surface area contributed by atoms with Crippen LogP contribution in [0.4, 0.5) is 4.39 Å². The first-order chi connectivity index (χ1) is 11.0. The second kappa shape index (κ2) is 7.92. The molecule has 0 spiro atoms. The van der Waals surface area contributed by atoms with Crippen LogP contribution in [0, 0.1) is 5.82 Å². The van der Waals surface area contributed by atoms with Gasteiger partial charge in [0.05, 0.1) is 5.75 Å². The molecule has 0 aliphatic heterocycles. The summed E-state index contributed by atoms with van der Waals surface area (Å²) in [7, 11) is 0. The maximum Gasteiger partial charge on any atom is 0.230 e. The molecule has 2 aromatic rings. The third kappa shape index (κ3) is 4.66. The number of halogens is 1. The van der Waals surface area contributed by atoms with E-state index >= 15 is 0 Å². The van der Waals surface area contributed by atoms with Crippen LogP contribution in [0.5, 0.6) is 0 Å². The molecule has 0 saturated heterocycles. The van der Waals surface area contributed by atoms with Crippen molar-refractivity contribution in [2.75, 3.05) is 5.75 Å². The molecular formula is C16H19FN4OS. The molecule has 0 unspecified atom stereocenters. The number of hydrogen-bond donors (Lipinski definition) is 1. The molecule has 1 aromatic carbocycles. The third-order valence-electron chi connectivity index (χ3n) is 2.91. The van der Waals surface area contributed by atoms with Gasteiger partial charge in [0.15, 0.2) is 11.0 Å². The van der Waals surface area contributed by atoms with E-state index in [9.17, 15) is 9.18 Å². The predicted octanol–water partition coefficient (Wildman–Crippen LogP) is 2.89. The monoisotopic (exact) mass is 334 g/mol. The van der Waals surface area contributed by atoms with Gasteiger partial charge < -0.3 is 5.32 Å². The van der Waals surface area contributed by atoms with Crippen LogP contribution in [0.15, 0.2) is 42.1 Å². The molecular weight excluding hydrogens is 315 g/mol.